The molecule has 1 N–H and O–H groups in total. The lowest BCUT2D eigenvalue weighted by atomic mass is 10.1. The average Bonchev–Trinajstić information content (AvgIpc) is 2.47. The van der Waals surface area contributed by atoms with Crippen LogP contribution in [0.2, 0.25) is 0 Å². The lowest BCUT2D eigenvalue weighted by Crippen LogP contribution is -2.26. The molecule has 3 nitrogen and oxygen atoms in total. The highest BCUT2D eigenvalue weighted by Crippen LogP contribution is 2.29. The third-order valence-electron chi connectivity index (χ3n) is 3.12. The lowest BCUT2D eigenvalue weighted by Gasteiger charge is -2.15. The zero-order valence-corrected chi connectivity index (χ0v) is 12.4. The minimum Gasteiger partial charge on any atom is -0.207 e. The quantitative estimate of drug-likeness (QED) is 0.929. The molecule has 0 fully saturated rings. The van der Waals surface area contributed by atoms with Crippen molar-refractivity contribution in [2.24, 2.45) is 0 Å². The van der Waals surface area contributed by atoms with E-state index in [0.29, 0.717) is 0 Å². The van der Waals surface area contributed by atoms with E-state index < -0.39 is 27.8 Å². The van der Waals surface area contributed by atoms with Crippen LogP contribution in [0.1, 0.15) is 24.1 Å². The Morgan fingerprint density at radius 3 is 2.00 bits per heavy atom. The zero-order chi connectivity index (χ0) is 16.4. The van der Waals surface area contributed by atoms with Gasteiger partial charge in [0.05, 0.1) is 10.5 Å². The van der Waals surface area contributed by atoms with Gasteiger partial charge in [-0.25, -0.2) is 13.1 Å². The molecule has 0 heterocycles. The highest BCUT2D eigenvalue weighted by atomic mass is 32.2. The van der Waals surface area contributed by atoms with Gasteiger partial charge in [-0.05, 0) is 36.8 Å². The van der Waals surface area contributed by atoms with Crippen LogP contribution >= 0.6 is 0 Å². The Bertz CT molecular complexity index is 726. The zero-order valence-electron chi connectivity index (χ0n) is 11.6. The molecule has 0 bridgehead atoms. The first-order chi connectivity index (χ1) is 10.2. The van der Waals surface area contributed by atoms with Crippen LogP contribution in [0, 0.1) is 0 Å². The van der Waals surface area contributed by atoms with Crippen molar-refractivity contribution in [2.45, 2.75) is 24.0 Å². The van der Waals surface area contributed by atoms with E-state index in [2.05, 4.69) is 4.72 Å². The molecule has 2 rings (SSSR count). The molecule has 1 atom stereocenters. The molecule has 0 amide bonds. The first kappa shape index (κ1) is 16.5. The van der Waals surface area contributed by atoms with Crippen LogP contribution in [-0.4, -0.2) is 8.42 Å². The molecular weight excluding hydrogens is 315 g/mol. The van der Waals surface area contributed by atoms with Crippen molar-refractivity contribution >= 4 is 10.0 Å². The molecule has 0 aliphatic rings. The number of sulfonamides is 1. The number of nitrogens with one attached hydrogen (secondary N) is 1. The van der Waals surface area contributed by atoms with Gasteiger partial charge in [0.2, 0.25) is 10.0 Å². The maximum atomic E-state index is 12.5. The Hall–Kier alpha value is -1.86. The molecule has 0 radical (unpaired) electrons. The van der Waals surface area contributed by atoms with Crippen LogP contribution in [0.5, 0.6) is 0 Å². The van der Waals surface area contributed by atoms with E-state index in [0.717, 1.165) is 29.8 Å². The number of alkyl halides is 3. The molecule has 22 heavy (non-hydrogen) atoms. The van der Waals surface area contributed by atoms with Crippen LogP contribution in [0.15, 0.2) is 59.5 Å². The molecule has 2 aromatic carbocycles. The highest BCUT2D eigenvalue weighted by Gasteiger charge is 2.30. The largest absolute Gasteiger partial charge is 0.416 e. The van der Waals surface area contributed by atoms with Crippen molar-refractivity contribution in [3.8, 4) is 0 Å². The smallest absolute Gasteiger partial charge is 0.207 e. The molecule has 0 aliphatic carbocycles. The minimum atomic E-state index is -4.49. The SMILES string of the molecule is C[C@@H](NS(=O)(=O)c1ccc(C(F)(F)F)cc1)c1ccccc1. The Labute approximate surface area is 126 Å². The van der Waals surface area contributed by atoms with Crippen molar-refractivity contribution in [1.29, 1.82) is 0 Å². The fraction of sp³-hybridized carbons (Fsp3) is 0.200. The Morgan fingerprint density at radius 2 is 1.50 bits per heavy atom. The van der Waals surface area contributed by atoms with Crippen LogP contribution in [-0.2, 0) is 16.2 Å². The van der Waals surface area contributed by atoms with Gasteiger partial charge in [-0.2, -0.15) is 13.2 Å². The van der Waals surface area contributed by atoms with Crippen molar-refractivity contribution in [3.63, 3.8) is 0 Å². The Balaban J connectivity index is 2.20. The predicted molar refractivity (Wildman–Crippen MR) is 76.6 cm³/mol. The van der Waals surface area contributed by atoms with Gasteiger partial charge in [0, 0.05) is 6.04 Å². The molecule has 0 aromatic heterocycles. The third kappa shape index (κ3) is 3.86. The summed E-state index contributed by atoms with van der Waals surface area (Å²) in [6.07, 6.45) is -4.49. The van der Waals surface area contributed by atoms with Crippen LogP contribution in [0.25, 0.3) is 0 Å². The number of rotatable bonds is 4. The van der Waals surface area contributed by atoms with E-state index in [4.69, 9.17) is 0 Å². The topological polar surface area (TPSA) is 46.2 Å². The van der Waals surface area contributed by atoms with Gasteiger partial charge in [-0.3, -0.25) is 0 Å². The number of halogens is 3. The van der Waals surface area contributed by atoms with E-state index in [1.165, 1.54) is 0 Å². The van der Waals surface area contributed by atoms with Crippen molar-refractivity contribution in [2.75, 3.05) is 0 Å². The summed E-state index contributed by atoms with van der Waals surface area (Å²) in [7, 11) is -3.89. The summed E-state index contributed by atoms with van der Waals surface area (Å²) in [4.78, 5) is -0.205. The minimum absolute atomic E-state index is 0.205. The molecular formula is C15H14F3NO2S. The molecule has 2 aromatic rings. The number of hydrogen-bond donors (Lipinski definition) is 1. The monoisotopic (exact) mass is 329 g/mol. The summed E-state index contributed by atoms with van der Waals surface area (Å²) in [5, 5.41) is 0. The van der Waals surface area contributed by atoms with Crippen molar-refractivity contribution < 1.29 is 21.6 Å². The lowest BCUT2D eigenvalue weighted by molar-refractivity contribution is -0.137. The van der Waals surface area contributed by atoms with E-state index >= 15 is 0 Å². The summed E-state index contributed by atoms with van der Waals surface area (Å²) < 4.78 is 64.3. The van der Waals surface area contributed by atoms with Gasteiger partial charge < -0.3 is 0 Å². The van der Waals surface area contributed by atoms with E-state index in [1.54, 1.807) is 37.3 Å². The van der Waals surface area contributed by atoms with Crippen molar-refractivity contribution in [3.05, 3.63) is 65.7 Å². The second-order valence-electron chi connectivity index (χ2n) is 4.78. The summed E-state index contributed by atoms with van der Waals surface area (Å²) >= 11 is 0. The van der Waals surface area contributed by atoms with Gasteiger partial charge in [-0.15, -0.1) is 0 Å². The Kier molecular flexibility index (Phi) is 4.58. The van der Waals surface area contributed by atoms with E-state index in [9.17, 15) is 21.6 Å². The van der Waals surface area contributed by atoms with Crippen LogP contribution in [0.3, 0.4) is 0 Å². The summed E-state index contributed by atoms with van der Waals surface area (Å²) in [5.74, 6) is 0. The standard InChI is InChI=1S/C15H14F3NO2S/c1-11(12-5-3-2-4-6-12)19-22(20,21)14-9-7-13(8-10-14)15(16,17)18/h2-11,19H,1H3/t11-/m1/s1. The Morgan fingerprint density at radius 1 is 0.955 bits per heavy atom. The van der Waals surface area contributed by atoms with E-state index in [1.807, 2.05) is 0 Å². The fourth-order valence-electron chi connectivity index (χ4n) is 1.93. The molecule has 0 aliphatic heterocycles. The average molecular weight is 329 g/mol. The fourth-order valence-corrected chi connectivity index (χ4v) is 3.17. The second-order valence-corrected chi connectivity index (χ2v) is 6.49. The van der Waals surface area contributed by atoms with Crippen LogP contribution < -0.4 is 4.72 Å². The normalized spacial score (nSPS) is 13.8. The summed E-state index contributed by atoms with van der Waals surface area (Å²) in [6.45, 7) is 1.66. The first-order valence-corrected chi connectivity index (χ1v) is 7.93. The van der Waals surface area contributed by atoms with Gasteiger partial charge in [-0.1, -0.05) is 30.3 Å². The molecule has 0 saturated carbocycles. The van der Waals surface area contributed by atoms with Crippen molar-refractivity contribution in [1.82, 2.24) is 4.72 Å². The predicted octanol–water partition coefficient (Wildman–Crippen LogP) is 3.74. The van der Waals surface area contributed by atoms with Crippen LogP contribution in [0.4, 0.5) is 13.2 Å². The molecule has 7 heteroatoms. The summed E-state index contributed by atoms with van der Waals surface area (Å²) in [5.41, 5.74) is -0.124. The second kappa shape index (κ2) is 6.10. The maximum Gasteiger partial charge on any atom is 0.416 e. The van der Waals surface area contributed by atoms with Gasteiger partial charge in [0.15, 0.2) is 0 Å². The third-order valence-corrected chi connectivity index (χ3v) is 4.68. The molecule has 0 spiro atoms. The number of hydrogen-bond acceptors (Lipinski definition) is 2. The number of benzene rings is 2. The molecule has 0 unspecified atom stereocenters. The maximum absolute atomic E-state index is 12.5. The molecule has 0 saturated heterocycles. The highest BCUT2D eigenvalue weighted by molar-refractivity contribution is 7.89. The summed E-state index contributed by atoms with van der Waals surface area (Å²) in [6, 6.07) is 11.8. The van der Waals surface area contributed by atoms with Gasteiger partial charge in [0.25, 0.3) is 0 Å². The first-order valence-electron chi connectivity index (χ1n) is 6.45. The molecule has 118 valence electrons. The van der Waals surface area contributed by atoms with Gasteiger partial charge >= 0.3 is 6.18 Å². The van der Waals surface area contributed by atoms with Gasteiger partial charge in [0.1, 0.15) is 0 Å². The van der Waals surface area contributed by atoms with E-state index in [-0.39, 0.29) is 4.90 Å².